The molecule has 1 heterocycles. The first-order valence-electron chi connectivity index (χ1n) is 15.1. The number of benzene rings is 2. The number of rotatable bonds is 16. The van der Waals surface area contributed by atoms with Crippen molar-refractivity contribution in [2.24, 2.45) is 0 Å². The van der Waals surface area contributed by atoms with E-state index < -0.39 is 12.8 Å². The van der Waals surface area contributed by atoms with Crippen LogP contribution in [-0.2, 0) is 9.59 Å². The summed E-state index contributed by atoms with van der Waals surface area (Å²) >= 11 is 0. The van der Waals surface area contributed by atoms with Gasteiger partial charge in [-0.3, -0.25) is 9.59 Å². The number of methoxy groups -OCH3 is 3. The largest absolute Gasteiger partial charge is 0.493 e. The number of aryl methyl sites for hydroxylation is 2. The number of alkyl halides is 3. The molecular formula is C32H45F3N4O6. The molecule has 2 aromatic rings. The highest BCUT2D eigenvalue weighted by molar-refractivity contribution is 5.92. The Morgan fingerprint density at radius 2 is 1.31 bits per heavy atom. The number of hydrogen-bond acceptors (Lipinski definition) is 8. The van der Waals surface area contributed by atoms with Gasteiger partial charge in [-0.15, -0.1) is 0 Å². The summed E-state index contributed by atoms with van der Waals surface area (Å²) in [6.45, 7) is 6.66. The van der Waals surface area contributed by atoms with Crippen LogP contribution in [0, 0.1) is 13.8 Å². The van der Waals surface area contributed by atoms with Gasteiger partial charge < -0.3 is 39.4 Å². The van der Waals surface area contributed by atoms with Gasteiger partial charge in [0.25, 0.3) is 0 Å². The number of nitrogens with zero attached hydrogens (tertiary/aromatic N) is 2. The lowest BCUT2D eigenvalue weighted by Gasteiger charge is -2.22. The van der Waals surface area contributed by atoms with Gasteiger partial charge in [0.1, 0.15) is 5.75 Å². The number of amides is 2. The minimum atomic E-state index is -3.89. The normalized spacial score (nSPS) is 14.4. The van der Waals surface area contributed by atoms with E-state index in [4.69, 9.17) is 14.2 Å². The third kappa shape index (κ3) is 11.0. The Morgan fingerprint density at radius 1 is 0.800 bits per heavy atom. The molecule has 0 aromatic heterocycles. The summed E-state index contributed by atoms with van der Waals surface area (Å²) in [6.07, 6.45) is -0.801. The van der Waals surface area contributed by atoms with Gasteiger partial charge >= 0.3 is 6.11 Å². The van der Waals surface area contributed by atoms with Crippen LogP contribution in [0.1, 0.15) is 43.2 Å². The van der Waals surface area contributed by atoms with E-state index in [1.54, 1.807) is 26.0 Å². The van der Waals surface area contributed by atoms with Crippen LogP contribution < -0.4 is 29.6 Å². The van der Waals surface area contributed by atoms with Crippen molar-refractivity contribution in [1.82, 2.24) is 9.80 Å². The fourth-order valence-corrected chi connectivity index (χ4v) is 5.36. The van der Waals surface area contributed by atoms with Crippen molar-refractivity contribution >= 4 is 23.2 Å². The standard InChI is InChI=1S/C32H45F3N4O6/c1-22-17-25(45-32(34,35)21-33)18-23(2)30(22)37-29(41)10-7-12-39-14-8-13-38(15-16-39)11-6-9-28(40)36-24-19-26(42-3)31(44-5)27(20-24)43-4/h17-20H,6-16,21H2,1-5H3,(H,36,40)(H,37,41). The van der Waals surface area contributed by atoms with Crippen molar-refractivity contribution in [2.75, 3.05) is 77.9 Å². The molecular weight excluding hydrogens is 593 g/mol. The number of halogens is 3. The van der Waals surface area contributed by atoms with Gasteiger partial charge in [0.15, 0.2) is 18.2 Å². The molecule has 1 aliphatic heterocycles. The molecule has 0 bridgehead atoms. The lowest BCUT2D eigenvalue weighted by molar-refractivity contribution is -0.186. The maximum absolute atomic E-state index is 13.3. The highest BCUT2D eigenvalue weighted by atomic mass is 19.3. The Bertz CT molecular complexity index is 1250. The van der Waals surface area contributed by atoms with Crippen LogP contribution in [0.2, 0.25) is 0 Å². The molecule has 0 saturated carbocycles. The minimum Gasteiger partial charge on any atom is -0.493 e. The van der Waals surface area contributed by atoms with Crippen molar-refractivity contribution in [1.29, 1.82) is 0 Å². The first kappa shape index (κ1) is 35.8. The average molecular weight is 639 g/mol. The van der Waals surface area contributed by atoms with Crippen LogP contribution >= 0.6 is 0 Å². The van der Waals surface area contributed by atoms with E-state index in [0.29, 0.717) is 59.0 Å². The minimum absolute atomic E-state index is 0.0907. The number of hydrogen-bond donors (Lipinski definition) is 2. The van der Waals surface area contributed by atoms with E-state index in [2.05, 4.69) is 25.2 Å². The Morgan fingerprint density at radius 3 is 1.78 bits per heavy atom. The lowest BCUT2D eigenvalue weighted by Crippen LogP contribution is -2.32. The smallest absolute Gasteiger partial charge is 0.427 e. The molecule has 2 aromatic carbocycles. The van der Waals surface area contributed by atoms with Crippen LogP contribution in [0.3, 0.4) is 0 Å². The fraction of sp³-hybridized carbons (Fsp3) is 0.562. The van der Waals surface area contributed by atoms with Gasteiger partial charge in [0, 0.05) is 49.4 Å². The Labute approximate surface area is 263 Å². The van der Waals surface area contributed by atoms with Crippen LogP contribution in [0.4, 0.5) is 24.5 Å². The molecule has 0 aliphatic carbocycles. The van der Waals surface area contributed by atoms with Crippen LogP contribution in [0.25, 0.3) is 0 Å². The molecule has 0 radical (unpaired) electrons. The van der Waals surface area contributed by atoms with E-state index in [0.717, 1.165) is 52.1 Å². The maximum atomic E-state index is 13.3. The molecule has 250 valence electrons. The Hall–Kier alpha value is -3.71. The van der Waals surface area contributed by atoms with Gasteiger partial charge in [-0.25, -0.2) is 4.39 Å². The van der Waals surface area contributed by atoms with E-state index in [1.807, 2.05) is 0 Å². The summed E-state index contributed by atoms with van der Waals surface area (Å²) in [5, 5.41) is 5.78. The second-order valence-electron chi connectivity index (χ2n) is 11.1. The van der Waals surface area contributed by atoms with Gasteiger partial charge in [-0.05, 0) is 82.5 Å². The van der Waals surface area contributed by atoms with Crippen molar-refractivity contribution in [3.05, 3.63) is 35.4 Å². The van der Waals surface area contributed by atoms with Crippen LogP contribution in [-0.4, -0.2) is 95.0 Å². The topological polar surface area (TPSA) is 102 Å². The first-order valence-corrected chi connectivity index (χ1v) is 15.1. The first-order chi connectivity index (χ1) is 21.5. The molecule has 45 heavy (non-hydrogen) atoms. The zero-order valence-electron chi connectivity index (χ0n) is 26.8. The molecule has 1 saturated heterocycles. The number of anilines is 2. The van der Waals surface area contributed by atoms with E-state index in [1.165, 1.54) is 33.5 Å². The number of carbonyl (C=O) groups excluding carboxylic acids is 2. The maximum Gasteiger partial charge on any atom is 0.427 e. The van der Waals surface area contributed by atoms with Crippen molar-refractivity contribution in [2.45, 2.75) is 52.1 Å². The zero-order chi connectivity index (χ0) is 33.0. The second kappa shape index (κ2) is 17.1. The summed E-state index contributed by atoms with van der Waals surface area (Å²) in [6, 6.07) is 6.11. The number of ether oxygens (including phenoxy) is 4. The van der Waals surface area contributed by atoms with Gasteiger partial charge in [0.05, 0.1) is 21.3 Å². The summed E-state index contributed by atoms with van der Waals surface area (Å²) in [7, 11) is 4.58. The molecule has 3 rings (SSSR count). The molecule has 13 heteroatoms. The van der Waals surface area contributed by atoms with Gasteiger partial charge in [0.2, 0.25) is 17.6 Å². The van der Waals surface area contributed by atoms with E-state index >= 15 is 0 Å². The zero-order valence-corrected chi connectivity index (χ0v) is 26.8. The summed E-state index contributed by atoms with van der Waals surface area (Å²) in [4.78, 5) is 29.9. The van der Waals surface area contributed by atoms with Crippen LogP contribution in [0.5, 0.6) is 23.0 Å². The second-order valence-corrected chi connectivity index (χ2v) is 11.1. The molecule has 2 amide bonds. The monoisotopic (exact) mass is 638 g/mol. The molecule has 0 unspecified atom stereocenters. The molecule has 0 spiro atoms. The molecule has 0 atom stereocenters. The summed E-state index contributed by atoms with van der Waals surface area (Å²) in [5.41, 5.74) is 2.22. The molecule has 2 N–H and O–H groups in total. The fourth-order valence-electron chi connectivity index (χ4n) is 5.36. The molecule has 1 fully saturated rings. The van der Waals surface area contributed by atoms with E-state index in [9.17, 15) is 22.8 Å². The van der Waals surface area contributed by atoms with Gasteiger partial charge in [-0.1, -0.05) is 0 Å². The third-order valence-electron chi connectivity index (χ3n) is 7.58. The average Bonchev–Trinajstić information content (AvgIpc) is 3.23. The van der Waals surface area contributed by atoms with Gasteiger partial charge in [-0.2, -0.15) is 8.78 Å². The lowest BCUT2D eigenvalue weighted by atomic mass is 10.1. The SMILES string of the molecule is COc1cc(NC(=O)CCCN2CCCN(CCCC(=O)Nc3c(C)cc(OC(F)(F)CF)cc3C)CC2)cc(OC)c1OC. The molecule has 1 aliphatic rings. The van der Waals surface area contributed by atoms with E-state index in [-0.39, 0.29) is 17.6 Å². The molecule has 10 nitrogen and oxygen atoms in total. The summed E-state index contributed by atoms with van der Waals surface area (Å²) < 4.78 is 59.4. The van der Waals surface area contributed by atoms with Crippen LogP contribution in [0.15, 0.2) is 24.3 Å². The third-order valence-corrected chi connectivity index (χ3v) is 7.58. The quantitative estimate of drug-likeness (QED) is 0.252. The predicted octanol–water partition coefficient (Wildman–Crippen LogP) is 5.42. The highest BCUT2D eigenvalue weighted by Crippen LogP contribution is 2.40. The van der Waals surface area contributed by atoms with Crippen molar-refractivity contribution in [3.63, 3.8) is 0 Å². The predicted molar refractivity (Wildman–Crippen MR) is 167 cm³/mol. The summed E-state index contributed by atoms with van der Waals surface area (Å²) in [5.74, 6) is 0.995. The van der Waals surface area contributed by atoms with Crippen molar-refractivity contribution in [3.8, 4) is 23.0 Å². The Kier molecular flexibility index (Phi) is 13.6. The number of carbonyl (C=O) groups is 2. The number of nitrogens with one attached hydrogen (secondary N) is 2. The highest BCUT2D eigenvalue weighted by Gasteiger charge is 2.32. The van der Waals surface area contributed by atoms with Crippen molar-refractivity contribution < 1.29 is 41.7 Å². The Balaban J connectivity index is 1.37.